The molecule has 142 valence electrons. The fraction of sp³-hybridized carbons (Fsp3) is 0.0952. The second-order valence-electron chi connectivity index (χ2n) is 6.58. The molecule has 0 fully saturated rings. The molecule has 0 aliphatic carbocycles. The molecule has 3 aromatic heterocycles. The van der Waals surface area contributed by atoms with Crippen molar-refractivity contribution in [2.24, 2.45) is 5.16 Å². The van der Waals surface area contributed by atoms with Gasteiger partial charge in [-0.3, -0.25) is 14.3 Å². The maximum atomic E-state index is 12.5. The monoisotopic (exact) mass is 384 g/mol. The predicted octanol–water partition coefficient (Wildman–Crippen LogP) is 2.95. The molecule has 1 aliphatic rings. The molecule has 4 aromatic rings. The number of imidazole rings is 1. The molecular weight excluding hydrogens is 368 g/mol. The lowest BCUT2D eigenvalue weighted by molar-refractivity contribution is -0.125. The number of hydrogen-bond acceptors (Lipinski definition) is 6. The Hall–Kier alpha value is -4.07. The zero-order valence-corrected chi connectivity index (χ0v) is 15.3. The Balaban J connectivity index is 1.26. The number of nitrogens with zero attached hydrogens (tertiary/aromatic N) is 5. The van der Waals surface area contributed by atoms with Crippen molar-refractivity contribution in [3.63, 3.8) is 0 Å². The van der Waals surface area contributed by atoms with Gasteiger partial charge >= 0.3 is 0 Å². The van der Waals surface area contributed by atoms with Crippen molar-refractivity contribution in [2.45, 2.75) is 12.5 Å². The molecule has 1 aromatic carbocycles. The van der Waals surface area contributed by atoms with Crippen LogP contribution in [0.2, 0.25) is 0 Å². The van der Waals surface area contributed by atoms with Gasteiger partial charge in [0.15, 0.2) is 0 Å². The van der Waals surface area contributed by atoms with E-state index in [-0.39, 0.29) is 5.91 Å². The lowest BCUT2D eigenvalue weighted by Crippen LogP contribution is -2.28. The fourth-order valence-electron chi connectivity index (χ4n) is 3.19. The van der Waals surface area contributed by atoms with Gasteiger partial charge in [0.25, 0.3) is 5.91 Å². The van der Waals surface area contributed by atoms with E-state index in [2.05, 4.69) is 25.4 Å². The quantitative estimate of drug-likeness (QED) is 0.584. The summed E-state index contributed by atoms with van der Waals surface area (Å²) in [5, 5.41) is 6.84. The Kier molecular flexibility index (Phi) is 4.21. The van der Waals surface area contributed by atoms with E-state index in [4.69, 9.17) is 4.84 Å². The summed E-state index contributed by atoms with van der Waals surface area (Å²) in [6, 6.07) is 15.2. The van der Waals surface area contributed by atoms with Gasteiger partial charge in [0.2, 0.25) is 6.10 Å². The highest BCUT2D eigenvalue weighted by Gasteiger charge is 2.29. The minimum absolute atomic E-state index is 0.268. The van der Waals surface area contributed by atoms with Gasteiger partial charge in [-0.1, -0.05) is 17.3 Å². The van der Waals surface area contributed by atoms with Crippen molar-refractivity contribution >= 4 is 28.3 Å². The number of fused-ring (bicyclic) bond motifs is 1. The summed E-state index contributed by atoms with van der Waals surface area (Å²) in [6.45, 7) is 0. The first kappa shape index (κ1) is 17.1. The first-order valence-electron chi connectivity index (χ1n) is 9.10. The number of pyridine rings is 2. The van der Waals surface area contributed by atoms with Crippen molar-refractivity contribution in [1.29, 1.82) is 0 Å². The van der Waals surface area contributed by atoms with E-state index in [1.54, 1.807) is 31.0 Å². The number of carbonyl (C=O) groups excluding carboxylic acids is 1. The summed E-state index contributed by atoms with van der Waals surface area (Å²) in [5.41, 5.74) is 4.01. The normalized spacial score (nSPS) is 15.7. The lowest BCUT2D eigenvalue weighted by Gasteiger charge is -2.10. The number of hydrogen-bond donors (Lipinski definition) is 1. The lowest BCUT2D eigenvalue weighted by atomic mass is 10.1. The van der Waals surface area contributed by atoms with Crippen LogP contribution in [0.1, 0.15) is 12.0 Å². The minimum atomic E-state index is -0.678. The van der Waals surface area contributed by atoms with Crippen LogP contribution in [0, 0.1) is 0 Å². The highest BCUT2D eigenvalue weighted by Crippen LogP contribution is 2.20. The average molecular weight is 384 g/mol. The molecule has 1 unspecified atom stereocenters. The van der Waals surface area contributed by atoms with Crippen LogP contribution in [-0.4, -0.2) is 37.2 Å². The standard InChI is InChI=1S/C21H16N6O2/c28-21(19-10-17(26-29-19)14-4-3-9-22-11-14)25-15-7-8-20(23-12-15)27-13-24-16-5-1-2-6-18(16)27/h1-9,11-13,19H,10H2,(H,25,28). The first-order valence-corrected chi connectivity index (χ1v) is 9.10. The van der Waals surface area contributed by atoms with Crippen LogP contribution < -0.4 is 5.32 Å². The van der Waals surface area contributed by atoms with Gasteiger partial charge in [-0.15, -0.1) is 0 Å². The number of benzene rings is 1. The number of rotatable bonds is 4. The predicted molar refractivity (Wildman–Crippen MR) is 108 cm³/mol. The molecule has 1 aliphatic heterocycles. The molecule has 1 atom stereocenters. The fourth-order valence-corrected chi connectivity index (χ4v) is 3.19. The smallest absolute Gasteiger partial charge is 0.268 e. The highest BCUT2D eigenvalue weighted by molar-refractivity contribution is 6.05. The molecule has 4 heterocycles. The van der Waals surface area contributed by atoms with E-state index >= 15 is 0 Å². The third kappa shape index (κ3) is 3.31. The summed E-state index contributed by atoms with van der Waals surface area (Å²) in [7, 11) is 0. The molecule has 29 heavy (non-hydrogen) atoms. The van der Waals surface area contributed by atoms with Crippen LogP contribution in [0.5, 0.6) is 0 Å². The Morgan fingerprint density at radius 2 is 2.00 bits per heavy atom. The van der Waals surface area contributed by atoms with E-state index in [1.807, 2.05) is 47.0 Å². The second-order valence-corrected chi connectivity index (χ2v) is 6.58. The van der Waals surface area contributed by atoms with Crippen LogP contribution in [-0.2, 0) is 9.63 Å². The van der Waals surface area contributed by atoms with Gasteiger partial charge in [-0.05, 0) is 36.4 Å². The zero-order chi connectivity index (χ0) is 19.6. The third-order valence-corrected chi connectivity index (χ3v) is 4.67. The van der Waals surface area contributed by atoms with Crippen LogP contribution in [0.15, 0.2) is 78.6 Å². The average Bonchev–Trinajstić information content (AvgIpc) is 3.43. The number of nitrogens with one attached hydrogen (secondary N) is 1. The van der Waals surface area contributed by atoms with Crippen molar-refractivity contribution in [3.05, 3.63) is 79.0 Å². The first-order chi connectivity index (χ1) is 14.3. The van der Waals surface area contributed by atoms with E-state index in [0.29, 0.717) is 17.8 Å². The van der Waals surface area contributed by atoms with Crippen LogP contribution in [0.3, 0.4) is 0 Å². The molecular formula is C21H16N6O2. The van der Waals surface area contributed by atoms with Crippen LogP contribution in [0.4, 0.5) is 5.69 Å². The molecule has 8 nitrogen and oxygen atoms in total. The summed E-state index contributed by atoms with van der Waals surface area (Å²) in [4.78, 5) is 30.7. The summed E-state index contributed by atoms with van der Waals surface area (Å²) < 4.78 is 1.90. The van der Waals surface area contributed by atoms with Gasteiger partial charge in [0, 0.05) is 24.4 Å². The van der Waals surface area contributed by atoms with Crippen molar-refractivity contribution in [3.8, 4) is 5.82 Å². The third-order valence-electron chi connectivity index (χ3n) is 4.67. The van der Waals surface area contributed by atoms with Crippen molar-refractivity contribution in [1.82, 2.24) is 19.5 Å². The summed E-state index contributed by atoms with van der Waals surface area (Å²) in [6.07, 6.45) is 6.44. The number of aromatic nitrogens is 4. The molecule has 0 saturated heterocycles. The number of carbonyl (C=O) groups is 1. The number of amides is 1. The second kappa shape index (κ2) is 7.16. The SMILES string of the molecule is O=C(Nc1ccc(-n2cnc3ccccc32)nc1)C1CC(c2cccnc2)=NO1. The zero-order valence-electron chi connectivity index (χ0n) is 15.3. The van der Waals surface area contributed by atoms with Crippen molar-refractivity contribution < 1.29 is 9.63 Å². The maximum Gasteiger partial charge on any atom is 0.268 e. The molecule has 8 heteroatoms. The topological polar surface area (TPSA) is 94.3 Å². The van der Waals surface area contributed by atoms with Gasteiger partial charge in [-0.2, -0.15) is 0 Å². The van der Waals surface area contributed by atoms with Crippen molar-refractivity contribution in [2.75, 3.05) is 5.32 Å². The molecule has 1 N–H and O–H groups in total. The number of para-hydroxylation sites is 2. The molecule has 1 amide bonds. The Labute approximate surface area is 165 Å². The Morgan fingerprint density at radius 3 is 2.83 bits per heavy atom. The van der Waals surface area contributed by atoms with E-state index < -0.39 is 6.10 Å². The van der Waals surface area contributed by atoms with Crippen LogP contribution >= 0.6 is 0 Å². The van der Waals surface area contributed by atoms with Gasteiger partial charge in [-0.25, -0.2) is 9.97 Å². The number of anilines is 1. The van der Waals surface area contributed by atoms with Gasteiger partial charge in [0.05, 0.1) is 28.6 Å². The molecule has 0 radical (unpaired) electrons. The molecule has 0 spiro atoms. The van der Waals surface area contributed by atoms with E-state index in [0.717, 1.165) is 22.4 Å². The Morgan fingerprint density at radius 1 is 1.07 bits per heavy atom. The molecule has 0 bridgehead atoms. The van der Waals surface area contributed by atoms with Crippen LogP contribution in [0.25, 0.3) is 16.9 Å². The van der Waals surface area contributed by atoms with Gasteiger partial charge < -0.3 is 10.2 Å². The maximum absolute atomic E-state index is 12.5. The largest absolute Gasteiger partial charge is 0.382 e. The number of oxime groups is 1. The van der Waals surface area contributed by atoms with E-state index in [1.165, 1.54) is 0 Å². The highest BCUT2D eigenvalue weighted by atomic mass is 16.6. The summed E-state index contributed by atoms with van der Waals surface area (Å²) in [5.74, 6) is 0.450. The van der Waals surface area contributed by atoms with Gasteiger partial charge in [0.1, 0.15) is 12.1 Å². The van der Waals surface area contributed by atoms with E-state index in [9.17, 15) is 4.79 Å². The molecule has 5 rings (SSSR count). The minimum Gasteiger partial charge on any atom is -0.382 e. The molecule has 0 saturated carbocycles. The summed E-state index contributed by atoms with van der Waals surface area (Å²) >= 11 is 0. The Bertz CT molecular complexity index is 1200.